The van der Waals surface area contributed by atoms with E-state index < -0.39 is 0 Å². The fraction of sp³-hybridized carbons (Fsp3) is 0.0667. The minimum atomic E-state index is -0.335. The number of nitrogens with zero attached hydrogens (tertiary/aromatic N) is 3. The Hall–Kier alpha value is -4.56. The Kier molecular flexibility index (Phi) is 7.42. The van der Waals surface area contributed by atoms with E-state index in [-0.39, 0.29) is 17.8 Å². The fourth-order valence-corrected chi connectivity index (χ4v) is 4.28. The summed E-state index contributed by atoms with van der Waals surface area (Å²) >= 11 is 3.47. The van der Waals surface area contributed by atoms with Crippen LogP contribution in [0.3, 0.4) is 0 Å². The highest BCUT2D eigenvalue weighted by Gasteiger charge is 2.15. The van der Waals surface area contributed by atoms with E-state index in [1.165, 1.54) is 0 Å². The molecule has 0 spiro atoms. The highest BCUT2D eigenvalue weighted by Crippen LogP contribution is 2.26. The summed E-state index contributed by atoms with van der Waals surface area (Å²) in [5, 5.41) is 6.34. The van der Waals surface area contributed by atoms with E-state index in [4.69, 9.17) is 0 Å². The lowest BCUT2D eigenvalue weighted by atomic mass is 10.1. The van der Waals surface area contributed by atoms with Gasteiger partial charge in [-0.1, -0.05) is 58.4 Å². The molecule has 0 fully saturated rings. The van der Waals surface area contributed by atoms with Gasteiger partial charge in [-0.05, 0) is 66.2 Å². The summed E-state index contributed by atoms with van der Waals surface area (Å²) in [4.78, 5) is 37.0. The summed E-state index contributed by atoms with van der Waals surface area (Å²) in [6.45, 7) is 0.635. The van der Waals surface area contributed by atoms with Gasteiger partial charge in [-0.15, -0.1) is 0 Å². The Balaban J connectivity index is 1.49. The topological polar surface area (TPSA) is 87.2 Å². The number of aromatic nitrogens is 2. The molecule has 1 aromatic heterocycles. The van der Waals surface area contributed by atoms with E-state index in [1.807, 2.05) is 61.6 Å². The van der Waals surface area contributed by atoms with Crippen LogP contribution in [-0.2, 0) is 6.54 Å². The molecule has 0 saturated heterocycles. The van der Waals surface area contributed by atoms with Gasteiger partial charge in [-0.3, -0.25) is 14.9 Å². The van der Waals surface area contributed by atoms with Gasteiger partial charge in [0.2, 0.25) is 5.95 Å². The first-order valence-corrected chi connectivity index (χ1v) is 12.8. The Bertz CT molecular complexity index is 1590. The Morgan fingerprint density at radius 3 is 2.00 bits per heavy atom. The molecule has 0 saturated carbocycles. The molecular formula is C30H24BrN5O2. The van der Waals surface area contributed by atoms with Crippen molar-refractivity contribution >= 4 is 56.1 Å². The van der Waals surface area contributed by atoms with Crippen LogP contribution in [0.5, 0.6) is 0 Å². The quantitative estimate of drug-likeness (QED) is 0.234. The minimum Gasteiger partial charge on any atom is -0.370 e. The number of amides is 2. The Morgan fingerprint density at radius 1 is 0.763 bits per heavy atom. The third-order valence-electron chi connectivity index (χ3n) is 5.98. The van der Waals surface area contributed by atoms with Gasteiger partial charge in [0, 0.05) is 40.3 Å². The summed E-state index contributed by atoms with van der Waals surface area (Å²) < 4.78 is 1.02. The molecule has 0 atom stereocenters. The van der Waals surface area contributed by atoms with Crippen molar-refractivity contribution in [2.45, 2.75) is 6.54 Å². The zero-order valence-electron chi connectivity index (χ0n) is 20.6. The number of carbonyl (C=O) groups is 2. The Morgan fingerprint density at radius 2 is 1.37 bits per heavy atom. The number of hydrogen-bond acceptors (Lipinski definition) is 5. The Labute approximate surface area is 228 Å². The molecule has 2 amide bonds. The molecule has 0 radical (unpaired) electrons. The maximum Gasteiger partial charge on any atom is 0.258 e. The van der Waals surface area contributed by atoms with E-state index in [1.54, 1.807) is 48.5 Å². The normalized spacial score (nSPS) is 10.7. The van der Waals surface area contributed by atoms with Crippen LogP contribution in [0.2, 0.25) is 0 Å². The van der Waals surface area contributed by atoms with Crippen molar-refractivity contribution in [3.63, 3.8) is 0 Å². The summed E-state index contributed by atoms with van der Waals surface area (Å²) in [7, 11) is 2.02. The summed E-state index contributed by atoms with van der Waals surface area (Å²) in [6.07, 6.45) is 0. The van der Waals surface area contributed by atoms with Gasteiger partial charge >= 0.3 is 0 Å². The number of anilines is 3. The molecule has 1 heterocycles. The number of hydrogen-bond donors (Lipinski definition) is 2. The largest absolute Gasteiger partial charge is 0.370 e. The molecule has 5 rings (SSSR count). The van der Waals surface area contributed by atoms with Crippen molar-refractivity contribution in [1.29, 1.82) is 0 Å². The summed E-state index contributed by atoms with van der Waals surface area (Å²) in [6, 6.07) is 31.7. The van der Waals surface area contributed by atoms with Gasteiger partial charge in [-0.2, -0.15) is 4.98 Å². The lowest BCUT2D eigenvalue weighted by Gasteiger charge is -2.20. The molecule has 0 unspecified atom stereocenters. The highest BCUT2D eigenvalue weighted by molar-refractivity contribution is 9.10. The predicted octanol–water partition coefficient (Wildman–Crippen LogP) is 6.53. The van der Waals surface area contributed by atoms with Gasteiger partial charge in [0.1, 0.15) is 5.82 Å². The lowest BCUT2D eigenvalue weighted by Crippen LogP contribution is -2.18. The van der Waals surface area contributed by atoms with Crippen molar-refractivity contribution in [3.8, 4) is 0 Å². The molecule has 0 aliphatic heterocycles. The number of rotatable bonds is 7. The van der Waals surface area contributed by atoms with E-state index in [9.17, 15) is 9.59 Å². The number of carbonyl (C=O) groups excluding carboxylic acids is 2. The van der Waals surface area contributed by atoms with Crippen LogP contribution in [0.15, 0.2) is 108 Å². The molecule has 0 bridgehead atoms. The molecule has 38 heavy (non-hydrogen) atoms. The minimum absolute atomic E-state index is 0.106. The van der Waals surface area contributed by atoms with Crippen LogP contribution in [0.25, 0.3) is 10.9 Å². The second-order valence-electron chi connectivity index (χ2n) is 8.72. The third kappa shape index (κ3) is 5.87. The number of benzene rings is 4. The standard InChI is InChI=1S/C30H24BrN5O2/c1-36(24-15-13-23(31)14-16-24)19-20-12-17-26-25(18-20)27(33-28(37)21-8-4-2-5-9-21)34-30(32-26)35-29(38)22-10-6-3-7-11-22/h2-18H,19H2,1H3,(H2,32,33,34,35,37,38). The smallest absolute Gasteiger partial charge is 0.258 e. The van der Waals surface area contributed by atoms with Crippen LogP contribution in [0.1, 0.15) is 26.3 Å². The van der Waals surface area contributed by atoms with E-state index in [0.717, 1.165) is 15.7 Å². The molecule has 0 aliphatic carbocycles. The van der Waals surface area contributed by atoms with Crippen molar-refractivity contribution in [2.75, 3.05) is 22.6 Å². The molecule has 188 valence electrons. The number of halogens is 1. The first kappa shape index (κ1) is 25.1. The maximum absolute atomic E-state index is 13.0. The number of fused-ring (bicyclic) bond motifs is 1. The van der Waals surface area contributed by atoms with Gasteiger partial charge in [0.25, 0.3) is 11.8 Å². The maximum atomic E-state index is 13.0. The summed E-state index contributed by atoms with van der Waals surface area (Å²) in [5.41, 5.74) is 3.67. The molecule has 8 heteroatoms. The van der Waals surface area contributed by atoms with Crippen molar-refractivity contribution in [2.24, 2.45) is 0 Å². The van der Waals surface area contributed by atoms with Gasteiger partial charge < -0.3 is 10.2 Å². The van der Waals surface area contributed by atoms with Crippen LogP contribution in [-0.4, -0.2) is 28.8 Å². The summed E-state index contributed by atoms with van der Waals surface area (Å²) in [5.74, 6) is -0.212. The van der Waals surface area contributed by atoms with Gasteiger partial charge in [0.05, 0.1) is 5.52 Å². The molecule has 5 aromatic rings. The highest BCUT2D eigenvalue weighted by atomic mass is 79.9. The second-order valence-corrected chi connectivity index (χ2v) is 9.64. The monoisotopic (exact) mass is 565 g/mol. The average molecular weight is 566 g/mol. The zero-order valence-corrected chi connectivity index (χ0v) is 22.1. The van der Waals surface area contributed by atoms with Gasteiger partial charge in [0.15, 0.2) is 0 Å². The van der Waals surface area contributed by atoms with Crippen LogP contribution in [0, 0.1) is 0 Å². The lowest BCUT2D eigenvalue weighted by molar-refractivity contribution is 0.101. The zero-order chi connectivity index (χ0) is 26.5. The first-order valence-electron chi connectivity index (χ1n) is 12.0. The van der Waals surface area contributed by atoms with Gasteiger partial charge in [-0.25, -0.2) is 4.98 Å². The first-order chi connectivity index (χ1) is 18.5. The second kappa shape index (κ2) is 11.2. The third-order valence-corrected chi connectivity index (χ3v) is 6.51. The van der Waals surface area contributed by atoms with Crippen LogP contribution in [0.4, 0.5) is 17.5 Å². The average Bonchev–Trinajstić information content (AvgIpc) is 2.94. The molecule has 4 aromatic carbocycles. The predicted molar refractivity (Wildman–Crippen MR) is 155 cm³/mol. The van der Waals surface area contributed by atoms with Crippen LogP contribution >= 0.6 is 15.9 Å². The van der Waals surface area contributed by atoms with E-state index in [2.05, 4.69) is 41.4 Å². The van der Waals surface area contributed by atoms with E-state index >= 15 is 0 Å². The number of nitrogens with one attached hydrogen (secondary N) is 2. The molecule has 7 nitrogen and oxygen atoms in total. The molecule has 2 N–H and O–H groups in total. The van der Waals surface area contributed by atoms with E-state index in [0.29, 0.717) is 34.4 Å². The van der Waals surface area contributed by atoms with Crippen molar-refractivity contribution in [3.05, 3.63) is 124 Å². The van der Waals surface area contributed by atoms with Crippen molar-refractivity contribution in [1.82, 2.24) is 9.97 Å². The molecule has 0 aliphatic rings. The fourth-order valence-electron chi connectivity index (χ4n) is 4.02. The molecular weight excluding hydrogens is 542 g/mol. The van der Waals surface area contributed by atoms with Crippen LogP contribution < -0.4 is 15.5 Å². The SMILES string of the molecule is CN(Cc1ccc2nc(NC(=O)c3ccccc3)nc(NC(=O)c3ccccc3)c2c1)c1ccc(Br)cc1. The van der Waals surface area contributed by atoms with Crippen molar-refractivity contribution < 1.29 is 9.59 Å².